The Bertz CT molecular complexity index is 304. The second-order valence-electron chi connectivity index (χ2n) is 1.94. The van der Waals surface area contributed by atoms with E-state index in [1.165, 1.54) is 28.7 Å². The Hall–Kier alpha value is -0.110. The molecule has 0 aliphatic rings. The lowest BCUT2D eigenvalue weighted by Crippen LogP contribution is -2.00. The van der Waals surface area contributed by atoms with Crippen LogP contribution in [0.2, 0.25) is 0 Å². The normalized spacial score (nSPS) is 11.7. The van der Waals surface area contributed by atoms with Gasteiger partial charge in [-0.3, -0.25) is 4.79 Å². The predicted octanol–water partition coefficient (Wildman–Crippen LogP) is 3.34. The zero-order valence-electron chi connectivity index (χ0n) is 5.48. The Kier molecular flexibility index (Phi) is 2.77. The summed E-state index contributed by atoms with van der Waals surface area (Å²) in [5.41, 5.74) is 0. The molecule has 0 spiro atoms. The van der Waals surface area contributed by atoms with Crippen molar-refractivity contribution >= 4 is 37.7 Å². The molecule has 0 aliphatic heterocycles. The Morgan fingerprint density at radius 1 is 1.42 bits per heavy atom. The molecule has 0 fully saturated rings. The lowest BCUT2D eigenvalue weighted by molar-refractivity contribution is -0.134. The summed E-state index contributed by atoms with van der Waals surface area (Å²) >= 11 is 1.92. The zero-order valence-corrected chi connectivity index (χ0v) is 8.46. The van der Waals surface area contributed by atoms with Crippen molar-refractivity contribution in [2.75, 3.05) is 0 Å². The van der Waals surface area contributed by atoms with Crippen molar-refractivity contribution < 1.29 is 18.0 Å². The number of thiophene rings is 1. The van der Waals surface area contributed by atoms with E-state index >= 15 is 0 Å². The molecule has 1 heterocycles. The van der Waals surface area contributed by atoms with Crippen LogP contribution < -0.4 is 0 Å². The fraction of sp³-hybridized carbons (Fsp3) is 0.167. The van der Waals surface area contributed by atoms with Gasteiger partial charge in [-0.05, 0) is 12.1 Å². The van der Waals surface area contributed by atoms with Gasteiger partial charge in [0.25, 0.3) is 0 Å². The molecule has 1 aromatic rings. The molecule has 6 heteroatoms. The number of carbonyl (C=O) groups is 1. The average molecular weight is 306 g/mol. The van der Waals surface area contributed by atoms with Crippen LogP contribution in [0.15, 0.2) is 12.1 Å². The van der Waals surface area contributed by atoms with Gasteiger partial charge in [-0.25, -0.2) is 0 Å². The maximum Gasteiger partial charge on any atom is 0.425 e. The molecule has 0 unspecified atom stereocenters. The number of halogens is 4. The third-order valence-corrected chi connectivity index (χ3v) is 3.16. The monoisotopic (exact) mass is 306 g/mol. The minimum absolute atomic E-state index is 0.128. The first kappa shape index (κ1) is 9.97. The molecule has 0 aromatic carbocycles. The molecule has 1 rings (SSSR count). The zero-order chi connectivity index (χ0) is 9.35. The van der Waals surface area contributed by atoms with Crippen molar-refractivity contribution in [3.63, 3.8) is 0 Å². The van der Waals surface area contributed by atoms with Crippen molar-refractivity contribution in [2.45, 2.75) is 6.18 Å². The fourth-order valence-electron chi connectivity index (χ4n) is 0.596. The molecule has 1 nitrogen and oxygen atoms in total. The highest BCUT2D eigenvalue weighted by Gasteiger charge is 2.32. The van der Waals surface area contributed by atoms with Crippen LogP contribution in [0.3, 0.4) is 0 Å². The molecule has 12 heavy (non-hydrogen) atoms. The van der Waals surface area contributed by atoms with Crippen molar-refractivity contribution in [2.24, 2.45) is 0 Å². The van der Waals surface area contributed by atoms with E-state index in [9.17, 15) is 18.0 Å². The van der Waals surface area contributed by atoms with Gasteiger partial charge in [0.2, 0.25) is 3.79 Å². The molecular weight excluding hydrogens is 304 g/mol. The highest BCUT2D eigenvalue weighted by atomic mass is 127. The molecular formula is C6H2F3IOS. The van der Waals surface area contributed by atoms with E-state index in [4.69, 9.17) is 0 Å². The molecule has 66 valence electrons. The minimum Gasteiger partial charge on any atom is -0.281 e. The largest absolute Gasteiger partial charge is 0.425 e. The molecule has 0 radical (unpaired) electrons. The van der Waals surface area contributed by atoms with E-state index in [-0.39, 0.29) is 8.67 Å². The van der Waals surface area contributed by atoms with Crippen LogP contribution in [0.5, 0.6) is 0 Å². The van der Waals surface area contributed by atoms with Gasteiger partial charge in [0.15, 0.2) is 0 Å². The van der Waals surface area contributed by atoms with E-state index in [2.05, 4.69) is 0 Å². The van der Waals surface area contributed by atoms with Crippen LogP contribution in [0, 0.1) is 0 Å². The summed E-state index contributed by atoms with van der Waals surface area (Å²) in [5, 5.41) is 0. The van der Waals surface area contributed by atoms with Gasteiger partial charge in [-0.1, -0.05) is 0 Å². The van der Waals surface area contributed by atoms with Crippen molar-refractivity contribution in [1.82, 2.24) is 0 Å². The second-order valence-corrected chi connectivity index (χ2v) is 4.00. The number of hydrogen-bond donors (Lipinski definition) is 0. The van der Waals surface area contributed by atoms with Crippen molar-refractivity contribution in [1.29, 1.82) is 0 Å². The standard InChI is InChI=1S/C6H2F3IOS/c7-6(8,9)4-2-1-3(12-4)5(10)11/h1-2H. The van der Waals surface area contributed by atoms with Crippen LogP contribution >= 0.6 is 33.9 Å². The van der Waals surface area contributed by atoms with Crippen LogP contribution in [0.25, 0.3) is 0 Å². The summed E-state index contributed by atoms with van der Waals surface area (Å²) in [6.45, 7) is 0. The Morgan fingerprint density at radius 3 is 2.25 bits per heavy atom. The first-order chi connectivity index (χ1) is 5.41. The molecule has 0 amide bonds. The molecule has 0 N–H and O–H groups in total. The predicted molar refractivity (Wildman–Crippen MR) is 47.7 cm³/mol. The van der Waals surface area contributed by atoms with Gasteiger partial charge < -0.3 is 0 Å². The smallest absolute Gasteiger partial charge is 0.281 e. The highest BCUT2D eigenvalue weighted by Crippen LogP contribution is 2.35. The van der Waals surface area contributed by atoms with Gasteiger partial charge in [-0.2, -0.15) is 13.2 Å². The first-order valence-electron chi connectivity index (χ1n) is 2.78. The lowest BCUT2D eigenvalue weighted by atomic mass is 10.4. The van der Waals surface area contributed by atoms with E-state index in [0.29, 0.717) is 11.3 Å². The molecule has 0 saturated carbocycles. The van der Waals surface area contributed by atoms with E-state index in [1.54, 1.807) is 0 Å². The number of hydrogen-bond acceptors (Lipinski definition) is 2. The molecule has 0 atom stereocenters. The maximum absolute atomic E-state index is 12.0. The lowest BCUT2D eigenvalue weighted by Gasteiger charge is -1.99. The van der Waals surface area contributed by atoms with E-state index in [0.717, 1.165) is 6.07 Å². The summed E-state index contributed by atoms with van der Waals surface area (Å²) < 4.78 is 35.5. The van der Waals surface area contributed by atoms with Gasteiger partial charge in [0.1, 0.15) is 4.88 Å². The first-order valence-corrected chi connectivity index (χ1v) is 4.67. The Balaban J connectivity index is 3.00. The summed E-state index contributed by atoms with van der Waals surface area (Å²) in [5.74, 6) is 0. The SMILES string of the molecule is O=C(I)c1ccc(C(F)(F)F)s1. The Morgan fingerprint density at radius 2 is 2.00 bits per heavy atom. The number of alkyl halides is 3. The summed E-state index contributed by atoms with van der Waals surface area (Å²) in [6.07, 6.45) is -4.34. The van der Waals surface area contributed by atoms with Gasteiger partial charge >= 0.3 is 6.18 Å². The van der Waals surface area contributed by atoms with Gasteiger partial charge in [-0.15, -0.1) is 11.3 Å². The fourth-order valence-corrected chi connectivity index (χ4v) is 1.81. The third-order valence-electron chi connectivity index (χ3n) is 1.08. The average Bonchev–Trinajstić information content (AvgIpc) is 2.30. The Labute approximate surface area is 83.7 Å². The van der Waals surface area contributed by atoms with Crippen LogP contribution in [-0.4, -0.2) is 3.79 Å². The minimum atomic E-state index is -4.34. The van der Waals surface area contributed by atoms with Crippen molar-refractivity contribution in [3.05, 3.63) is 21.9 Å². The van der Waals surface area contributed by atoms with Gasteiger partial charge in [0.05, 0.1) is 4.88 Å². The van der Waals surface area contributed by atoms with Crippen LogP contribution in [0.1, 0.15) is 14.5 Å². The molecule has 0 saturated heterocycles. The second kappa shape index (κ2) is 3.33. The van der Waals surface area contributed by atoms with E-state index in [1.807, 2.05) is 0 Å². The maximum atomic E-state index is 12.0. The van der Waals surface area contributed by atoms with Gasteiger partial charge in [0, 0.05) is 22.6 Å². The quantitative estimate of drug-likeness (QED) is 0.574. The molecule has 0 aliphatic carbocycles. The van der Waals surface area contributed by atoms with Crippen LogP contribution in [-0.2, 0) is 6.18 Å². The van der Waals surface area contributed by atoms with Crippen molar-refractivity contribution in [3.8, 4) is 0 Å². The molecule has 1 aromatic heterocycles. The summed E-state index contributed by atoms with van der Waals surface area (Å²) in [7, 11) is 0. The van der Waals surface area contributed by atoms with Crippen LogP contribution in [0.4, 0.5) is 13.2 Å². The molecule has 0 bridgehead atoms. The highest BCUT2D eigenvalue weighted by molar-refractivity contribution is 14.1. The van der Waals surface area contributed by atoms with E-state index < -0.39 is 11.1 Å². The number of carbonyl (C=O) groups excluding carboxylic acids is 1. The topological polar surface area (TPSA) is 17.1 Å². The summed E-state index contributed by atoms with van der Waals surface area (Å²) in [4.78, 5) is 10.0. The summed E-state index contributed by atoms with van der Waals surface area (Å²) in [6, 6.07) is 2.10. The third kappa shape index (κ3) is 2.19. The number of rotatable bonds is 1.